The Kier molecular flexibility index (Phi) is 4.77. The third-order valence-electron chi connectivity index (χ3n) is 3.12. The number of hydrogen-bond donors (Lipinski definition) is 1. The molecule has 20 heavy (non-hydrogen) atoms. The van der Waals surface area contributed by atoms with Crippen LogP contribution < -0.4 is 0 Å². The summed E-state index contributed by atoms with van der Waals surface area (Å²) < 4.78 is 4.62. The zero-order valence-corrected chi connectivity index (χ0v) is 11.9. The van der Waals surface area contributed by atoms with Crippen molar-refractivity contribution < 1.29 is 19.4 Å². The third-order valence-corrected chi connectivity index (χ3v) is 4.10. The molecule has 0 radical (unpaired) electrons. The van der Waals surface area contributed by atoms with Crippen LogP contribution in [-0.4, -0.2) is 48.2 Å². The van der Waals surface area contributed by atoms with E-state index in [1.54, 1.807) is 17.0 Å². The maximum absolute atomic E-state index is 11.6. The molecule has 1 amide bonds. The van der Waals surface area contributed by atoms with Crippen LogP contribution in [0.2, 0.25) is 0 Å². The zero-order valence-electron chi connectivity index (χ0n) is 11.1. The van der Waals surface area contributed by atoms with Gasteiger partial charge in [-0.05, 0) is 18.6 Å². The molecule has 1 aliphatic heterocycles. The van der Waals surface area contributed by atoms with E-state index >= 15 is 0 Å². The molecule has 1 aromatic heterocycles. The van der Waals surface area contributed by atoms with E-state index in [1.807, 2.05) is 0 Å². The topological polar surface area (TPSA) is 66.8 Å². The monoisotopic (exact) mass is 293 g/mol. The quantitative estimate of drug-likeness (QED) is 0.663. The van der Waals surface area contributed by atoms with Crippen LogP contribution in [0.1, 0.15) is 27.4 Å². The second-order valence-corrected chi connectivity index (χ2v) is 5.44. The van der Waals surface area contributed by atoms with Crippen LogP contribution in [0.4, 0.5) is 0 Å². The second kappa shape index (κ2) is 6.55. The fraction of sp³-hybridized carbons (Fsp3) is 0.429. The Morgan fingerprint density at radius 1 is 1.60 bits per heavy atom. The van der Waals surface area contributed by atoms with E-state index < -0.39 is 0 Å². The molecule has 0 bridgehead atoms. The first kappa shape index (κ1) is 14.6. The number of carbonyl (C=O) groups is 2. The minimum absolute atomic E-state index is 0.0276. The number of likely N-dealkylation sites (tertiary alicyclic amines) is 1. The number of esters is 1. The summed E-state index contributed by atoms with van der Waals surface area (Å²) in [7, 11) is 1.33. The molecule has 1 saturated heterocycles. The van der Waals surface area contributed by atoms with Gasteiger partial charge in [-0.25, -0.2) is 4.79 Å². The predicted molar refractivity (Wildman–Crippen MR) is 74.4 cm³/mol. The first-order valence-electron chi connectivity index (χ1n) is 6.23. The smallest absolute Gasteiger partial charge is 0.348 e. The molecule has 0 spiro atoms. The fourth-order valence-corrected chi connectivity index (χ4v) is 2.83. The highest BCUT2D eigenvalue weighted by molar-refractivity contribution is 7.14. The SMILES string of the molecule is COC(=O)c1ccc(C#CCN2C(=O)CCC2CO)s1. The Morgan fingerprint density at radius 2 is 2.40 bits per heavy atom. The lowest BCUT2D eigenvalue weighted by Gasteiger charge is -2.19. The van der Waals surface area contributed by atoms with E-state index in [-0.39, 0.29) is 24.5 Å². The standard InChI is InChI=1S/C14H15NO4S/c1-19-14(18)12-6-5-11(20-12)3-2-8-15-10(9-16)4-7-13(15)17/h5-6,10,16H,4,7-9H2,1H3. The van der Waals surface area contributed by atoms with Crippen molar-refractivity contribution in [2.24, 2.45) is 0 Å². The van der Waals surface area contributed by atoms with Crippen molar-refractivity contribution >= 4 is 23.2 Å². The van der Waals surface area contributed by atoms with E-state index in [2.05, 4.69) is 16.6 Å². The summed E-state index contributed by atoms with van der Waals surface area (Å²) in [4.78, 5) is 25.7. The van der Waals surface area contributed by atoms with Gasteiger partial charge in [-0.3, -0.25) is 4.79 Å². The fourth-order valence-electron chi connectivity index (χ4n) is 2.03. The van der Waals surface area contributed by atoms with E-state index in [4.69, 9.17) is 0 Å². The lowest BCUT2D eigenvalue weighted by Crippen LogP contribution is -2.35. The van der Waals surface area contributed by atoms with Gasteiger partial charge < -0.3 is 14.7 Å². The molecular formula is C14H15NO4S. The lowest BCUT2D eigenvalue weighted by molar-refractivity contribution is -0.128. The average Bonchev–Trinajstić information content (AvgIpc) is 3.06. The highest BCUT2D eigenvalue weighted by Gasteiger charge is 2.29. The Bertz CT molecular complexity index is 569. The summed E-state index contributed by atoms with van der Waals surface area (Å²) in [6.45, 7) is 0.272. The van der Waals surface area contributed by atoms with Crippen molar-refractivity contribution in [2.45, 2.75) is 18.9 Å². The largest absolute Gasteiger partial charge is 0.465 e. The van der Waals surface area contributed by atoms with Gasteiger partial charge in [-0.15, -0.1) is 11.3 Å². The van der Waals surface area contributed by atoms with Gasteiger partial charge in [0.15, 0.2) is 0 Å². The number of aliphatic hydroxyl groups is 1. The summed E-state index contributed by atoms with van der Waals surface area (Å²) >= 11 is 1.25. The summed E-state index contributed by atoms with van der Waals surface area (Å²) in [5.74, 6) is 5.48. The molecule has 1 N–H and O–H groups in total. The van der Waals surface area contributed by atoms with Crippen LogP contribution in [0.15, 0.2) is 12.1 Å². The van der Waals surface area contributed by atoms with Crippen molar-refractivity contribution in [1.82, 2.24) is 4.90 Å². The van der Waals surface area contributed by atoms with Crippen LogP contribution in [0.3, 0.4) is 0 Å². The maximum Gasteiger partial charge on any atom is 0.348 e. The Hall–Kier alpha value is -1.84. The molecule has 1 atom stereocenters. The highest BCUT2D eigenvalue weighted by atomic mass is 32.1. The minimum atomic E-state index is -0.377. The van der Waals surface area contributed by atoms with Crippen LogP contribution >= 0.6 is 11.3 Å². The summed E-state index contributed by atoms with van der Waals surface area (Å²) in [5.41, 5.74) is 0. The molecule has 0 aliphatic carbocycles. The molecule has 6 heteroatoms. The summed E-state index contributed by atoms with van der Waals surface area (Å²) in [5, 5.41) is 9.17. The molecule has 1 aromatic rings. The third kappa shape index (κ3) is 3.18. The van der Waals surface area contributed by atoms with Crippen molar-refractivity contribution in [3.8, 4) is 11.8 Å². The lowest BCUT2D eigenvalue weighted by atomic mass is 10.2. The minimum Gasteiger partial charge on any atom is -0.465 e. The van der Waals surface area contributed by atoms with Gasteiger partial charge in [-0.2, -0.15) is 0 Å². The van der Waals surface area contributed by atoms with Crippen molar-refractivity contribution in [3.05, 3.63) is 21.9 Å². The van der Waals surface area contributed by atoms with Gasteiger partial charge in [0.1, 0.15) is 4.88 Å². The molecule has 1 aliphatic rings. The Labute approximate surface area is 121 Å². The van der Waals surface area contributed by atoms with Gasteiger partial charge in [0.25, 0.3) is 0 Å². The van der Waals surface area contributed by atoms with Crippen LogP contribution in [0, 0.1) is 11.8 Å². The maximum atomic E-state index is 11.6. The predicted octanol–water partition coefficient (Wildman–Crippen LogP) is 0.870. The van der Waals surface area contributed by atoms with Crippen molar-refractivity contribution in [1.29, 1.82) is 0 Å². The van der Waals surface area contributed by atoms with Gasteiger partial charge >= 0.3 is 5.97 Å². The zero-order chi connectivity index (χ0) is 14.5. The van der Waals surface area contributed by atoms with E-state index in [1.165, 1.54) is 18.4 Å². The van der Waals surface area contributed by atoms with Gasteiger partial charge in [0.2, 0.25) is 5.91 Å². The molecule has 0 aromatic carbocycles. The Morgan fingerprint density at radius 3 is 3.10 bits per heavy atom. The van der Waals surface area contributed by atoms with Gasteiger partial charge in [0, 0.05) is 6.42 Å². The molecule has 5 nitrogen and oxygen atoms in total. The molecule has 106 valence electrons. The number of hydrogen-bond acceptors (Lipinski definition) is 5. The number of ether oxygens (including phenoxy) is 1. The van der Waals surface area contributed by atoms with Crippen molar-refractivity contribution in [3.63, 3.8) is 0 Å². The molecule has 2 heterocycles. The average molecular weight is 293 g/mol. The van der Waals surface area contributed by atoms with E-state index in [9.17, 15) is 14.7 Å². The summed E-state index contributed by atoms with van der Waals surface area (Å²) in [6, 6.07) is 3.29. The first-order chi connectivity index (χ1) is 9.65. The number of thiophene rings is 1. The number of carbonyl (C=O) groups excluding carboxylic acids is 2. The van der Waals surface area contributed by atoms with Crippen molar-refractivity contribution in [2.75, 3.05) is 20.3 Å². The molecule has 2 rings (SSSR count). The normalized spacial score (nSPS) is 17.8. The van der Waals surface area contributed by atoms with E-state index in [0.717, 1.165) is 4.88 Å². The second-order valence-electron chi connectivity index (χ2n) is 4.35. The summed E-state index contributed by atoms with van der Waals surface area (Å²) in [6.07, 6.45) is 1.15. The highest BCUT2D eigenvalue weighted by Crippen LogP contribution is 2.18. The molecule has 0 saturated carbocycles. The van der Waals surface area contributed by atoms with Crippen LogP contribution in [0.25, 0.3) is 0 Å². The number of rotatable bonds is 3. The van der Waals surface area contributed by atoms with Gasteiger partial charge in [-0.1, -0.05) is 11.8 Å². The van der Waals surface area contributed by atoms with Crippen LogP contribution in [0.5, 0.6) is 0 Å². The number of aliphatic hydroxyl groups excluding tert-OH is 1. The molecule has 1 fully saturated rings. The molecule has 1 unspecified atom stereocenters. The van der Waals surface area contributed by atoms with Crippen LogP contribution in [-0.2, 0) is 9.53 Å². The number of amides is 1. The number of nitrogens with zero attached hydrogens (tertiary/aromatic N) is 1. The molecular weight excluding hydrogens is 278 g/mol. The first-order valence-corrected chi connectivity index (χ1v) is 7.04. The number of methoxy groups -OCH3 is 1. The van der Waals surface area contributed by atoms with E-state index in [0.29, 0.717) is 24.3 Å². The Balaban J connectivity index is 1.99. The van der Waals surface area contributed by atoms with Gasteiger partial charge in [0.05, 0.1) is 31.2 Å².